The summed E-state index contributed by atoms with van der Waals surface area (Å²) in [7, 11) is 0. The number of hydrogen-bond acceptors (Lipinski definition) is 15. The van der Waals surface area contributed by atoms with Gasteiger partial charge in [-0.15, -0.1) is 0 Å². The van der Waals surface area contributed by atoms with E-state index in [1.165, 1.54) is 6.92 Å². The van der Waals surface area contributed by atoms with E-state index in [-0.39, 0.29) is 76.5 Å². The summed E-state index contributed by atoms with van der Waals surface area (Å²) in [5, 5.41) is 31.7. The Kier molecular flexibility index (Phi) is 26.7. The third kappa shape index (κ3) is 27.3. The monoisotopic (exact) mass is 1030 g/mol. The van der Waals surface area contributed by atoms with Crippen molar-refractivity contribution in [3.05, 3.63) is 0 Å². The number of ether oxygens (including phenoxy) is 3. The van der Waals surface area contributed by atoms with Crippen molar-refractivity contribution in [3.63, 3.8) is 0 Å². The summed E-state index contributed by atoms with van der Waals surface area (Å²) in [6.45, 7) is 22.8. The largest absolute Gasteiger partial charge is 0.444 e. The van der Waals surface area contributed by atoms with Crippen LogP contribution in [0, 0.1) is 23.7 Å². The van der Waals surface area contributed by atoms with Gasteiger partial charge in [0.05, 0.1) is 30.1 Å². The van der Waals surface area contributed by atoms with Gasteiger partial charge in [-0.1, -0.05) is 27.7 Å². The van der Waals surface area contributed by atoms with Crippen molar-refractivity contribution < 1.29 is 67.3 Å². The molecule has 1 aliphatic heterocycles. The van der Waals surface area contributed by atoms with Crippen LogP contribution in [0.5, 0.6) is 0 Å². The van der Waals surface area contributed by atoms with Gasteiger partial charge in [0.1, 0.15) is 28.9 Å². The number of rotatable bonds is 14. The molecule has 8 amide bonds. The predicted molar refractivity (Wildman–Crippen MR) is 267 cm³/mol. The molecule has 0 saturated carbocycles. The van der Waals surface area contributed by atoms with Gasteiger partial charge in [-0.3, -0.25) is 33.6 Å². The van der Waals surface area contributed by atoms with E-state index in [0.29, 0.717) is 0 Å². The Hall–Kier alpha value is -5.58. The highest BCUT2D eigenvalue weighted by Gasteiger charge is 2.36. The molecule has 0 bridgehead atoms. The van der Waals surface area contributed by atoms with Crippen molar-refractivity contribution in [2.75, 3.05) is 26.2 Å². The number of ketones is 2. The summed E-state index contributed by atoms with van der Waals surface area (Å²) in [4.78, 5) is 136. The number of amides is 8. The van der Waals surface area contributed by atoms with Crippen LogP contribution in [0.15, 0.2) is 0 Å². The highest BCUT2D eigenvalue weighted by Crippen LogP contribution is 2.20. The van der Waals surface area contributed by atoms with E-state index in [2.05, 4.69) is 42.5 Å². The van der Waals surface area contributed by atoms with Gasteiger partial charge >= 0.3 is 18.3 Å². The molecule has 1 rings (SSSR count). The molecule has 0 aliphatic carbocycles. The number of nitrogens with two attached hydrogens (primary N) is 1. The van der Waals surface area contributed by atoms with Crippen LogP contribution in [-0.2, 0) is 47.8 Å². The maximum absolute atomic E-state index is 14.4. The molecule has 0 aromatic rings. The molecule has 412 valence electrons. The number of carbonyl (C=O) groups excluding carboxylic acids is 10. The lowest BCUT2D eigenvalue weighted by molar-refractivity contribution is -0.136. The number of aliphatic hydroxyl groups is 1. The molecule has 0 spiro atoms. The van der Waals surface area contributed by atoms with Gasteiger partial charge < -0.3 is 67.6 Å². The molecule has 0 radical (unpaired) electrons. The van der Waals surface area contributed by atoms with E-state index in [0.717, 1.165) is 0 Å². The second kappa shape index (κ2) is 29.8. The Morgan fingerprint density at radius 2 is 0.931 bits per heavy atom. The van der Waals surface area contributed by atoms with Crippen LogP contribution in [0.3, 0.4) is 0 Å². The number of hydrogen-bond donors (Lipinski definition) is 10. The van der Waals surface area contributed by atoms with Crippen LogP contribution >= 0.6 is 0 Å². The van der Waals surface area contributed by atoms with Gasteiger partial charge in [-0.25, -0.2) is 14.4 Å². The highest BCUT2D eigenvalue weighted by molar-refractivity contribution is 5.97. The predicted octanol–water partition coefficient (Wildman–Crippen LogP) is 2.14. The molecule has 1 heterocycles. The second-order valence-corrected chi connectivity index (χ2v) is 22.2. The first-order valence-corrected chi connectivity index (χ1v) is 25.0. The normalized spacial score (nSPS) is 23.6. The van der Waals surface area contributed by atoms with Crippen LogP contribution < -0.4 is 48.3 Å². The van der Waals surface area contributed by atoms with Crippen molar-refractivity contribution in [2.45, 2.75) is 201 Å². The number of alkyl carbamates (subject to hydrolysis) is 3. The van der Waals surface area contributed by atoms with E-state index < -0.39 is 137 Å². The quantitative estimate of drug-likeness (QED) is 0.112. The zero-order valence-electron chi connectivity index (χ0n) is 45.1. The zero-order valence-corrected chi connectivity index (χ0v) is 45.1. The summed E-state index contributed by atoms with van der Waals surface area (Å²) >= 11 is 0. The molecule has 1 aliphatic rings. The smallest absolute Gasteiger partial charge is 0.407 e. The lowest BCUT2D eigenvalue weighted by atomic mass is 9.88. The molecule has 23 nitrogen and oxygen atoms in total. The van der Waals surface area contributed by atoms with Crippen LogP contribution in [0.2, 0.25) is 0 Å². The van der Waals surface area contributed by atoms with Crippen molar-refractivity contribution >= 4 is 59.4 Å². The summed E-state index contributed by atoms with van der Waals surface area (Å²) in [6.07, 6.45) is -5.36. The summed E-state index contributed by atoms with van der Waals surface area (Å²) in [6, 6.07) is -6.72. The van der Waals surface area contributed by atoms with E-state index in [4.69, 9.17) is 19.9 Å². The van der Waals surface area contributed by atoms with Crippen molar-refractivity contribution in [1.29, 1.82) is 0 Å². The Morgan fingerprint density at radius 1 is 0.556 bits per heavy atom. The number of aliphatic hydroxyl groups excluding tert-OH is 1. The van der Waals surface area contributed by atoms with Gasteiger partial charge in [0.2, 0.25) is 29.5 Å². The average molecular weight is 1030 g/mol. The fourth-order valence-electron chi connectivity index (χ4n) is 7.30. The van der Waals surface area contributed by atoms with Gasteiger partial charge in [0, 0.05) is 44.9 Å². The topological polar surface area (TPSA) is 341 Å². The Labute approximate surface area is 425 Å². The molecule has 0 aromatic heterocycles. The minimum absolute atomic E-state index is 0.0670. The maximum atomic E-state index is 14.4. The maximum Gasteiger partial charge on any atom is 0.407 e. The minimum atomic E-state index is -1.47. The molecule has 11 N–H and O–H groups in total. The first-order chi connectivity index (χ1) is 33.1. The van der Waals surface area contributed by atoms with Gasteiger partial charge in [-0.05, 0) is 120 Å². The van der Waals surface area contributed by atoms with Crippen LogP contribution in [-0.4, -0.2) is 144 Å². The van der Waals surface area contributed by atoms with E-state index in [1.54, 1.807) is 76.2 Å². The van der Waals surface area contributed by atoms with Gasteiger partial charge in [0.15, 0.2) is 11.6 Å². The van der Waals surface area contributed by atoms with Crippen LogP contribution in [0.4, 0.5) is 14.4 Å². The summed E-state index contributed by atoms with van der Waals surface area (Å²) in [5.74, 6) is -8.00. The minimum Gasteiger partial charge on any atom is -0.444 e. The lowest BCUT2D eigenvalue weighted by Crippen LogP contribution is -2.57. The van der Waals surface area contributed by atoms with E-state index in [1.807, 2.05) is 13.8 Å². The fraction of sp³-hybridized carbons (Fsp3) is 0.796. The third-order valence-corrected chi connectivity index (χ3v) is 10.7. The molecule has 72 heavy (non-hydrogen) atoms. The number of carbonyl (C=O) groups is 10. The highest BCUT2D eigenvalue weighted by atomic mass is 16.6. The molecular weight excluding hydrogens is 939 g/mol. The first kappa shape index (κ1) is 64.4. The Balaban J connectivity index is 3.90. The summed E-state index contributed by atoms with van der Waals surface area (Å²) < 4.78 is 16.0. The SMILES string of the molecule is CC(C)C[C@H]1CC(=O)[C@H](CCNC(=O)OC(C)(C)C)NC(=O)[C@@H](N)CCNC(=O)[C@H](C(C)O)CC(=O)[C@H](CCNC(=O)OC(C)(C)C)NC(=O)[C@H](CCNC(=O)OC(C)(C)C)NC(=O)[C@H](CC(C)C)NC1=O. The van der Waals surface area contributed by atoms with Crippen LogP contribution in [0.1, 0.15) is 148 Å². The third-order valence-electron chi connectivity index (χ3n) is 10.7. The van der Waals surface area contributed by atoms with Crippen molar-refractivity contribution in [1.82, 2.24) is 42.5 Å². The molecule has 1 unspecified atom stereocenters. The molecule has 0 aromatic carbocycles. The summed E-state index contributed by atoms with van der Waals surface area (Å²) in [5.41, 5.74) is 3.70. The molecular formula is C49H87N9O14. The second-order valence-electron chi connectivity index (χ2n) is 22.2. The van der Waals surface area contributed by atoms with Gasteiger partial charge in [0.25, 0.3) is 0 Å². The molecule has 8 atom stereocenters. The van der Waals surface area contributed by atoms with Crippen LogP contribution in [0.25, 0.3) is 0 Å². The standard InChI is InChI=1S/C49H87N9O14/c1-27(2)23-30-25-37(60)33(16-20-52-44(67)70-47(6,7)8)55-41(64)32(50)15-19-51-40(63)31(29(5)59)26-38(61)34(17-21-53-45(68)71-48(9,10)11)56-42(65)35(18-22-54-46(69)72-49(12,13)14)57-43(66)36(24-28(3)4)58-39(30)62/h27-36,59H,15-26,50H2,1-14H3,(H,51,63)(H,52,67)(H,53,68)(H,54,69)(H,55,64)(H,56,65)(H,57,66)(H,58,62)/t29?,30-,31-,32-,33-,34-,35-,36-/m0/s1. The first-order valence-electron chi connectivity index (χ1n) is 25.0. The number of nitrogens with one attached hydrogen (secondary N) is 8. The number of Topliss-reactive ketones (excluding diaryl/α,β-unsaturated/α-hetero) is 2. The molecule has 23 heteroatoms. The van der Waals surface area contributed by atoms with Crippen molar-refractivity contribution in [2.24, 2.45) is 29.4 Å². The lowest BCUT2D eigenvalue weighted by Gasteiger charge is -2.28. The van der Waals surface area contributed by atoms with E-state index >= 15 is 0 Å². The Bertz CT molecular complexity index is 1860. The average Bonchev–Trinajstić information content (AvgIpc) is 3.20. The Morgan fingerprint density at radius 3 is 1.35 bits per heavy atom. The van der Waals surface area contributed by atoms with Crippen molar-refractivity contribution in [3.8, 4) is 0 Å². The zero-order chi connectivity index (χ0) is 55.3. The van der Waals surface area contributed by atoms with E-state index in [9.17, 15) is 53.1 Å². The molecule has 1 fully saturated rings. The fourth-order valence-corrected chi connectivity index (χ4v) is 7.30. The molecule has 1 saturated heterocycles. The van der Waals surface area contributed by atoms with Gasteiger partial charge in [-0.2, -0.15) is 0 Å².